The van der Waals surface area contributed by atoms with E-state index in [4.69, 9.17) is 10.2 Å². The van der Waals surface area contributed by atoms with Crippen LogP contribution in [0.2, 0.25) is 0 Å². The summed E-state index contributed by atoms with van der Waals surface area (Å²) in [4.78, 5) is 20.4. The van der Waals surface area contributed by atoms with E-state index in [1.165, 1.54) is 25.8 Å². The second-order valence-corrected chi connectivity index (χ2v) is 6.61. The zero-order valence-corrected chi connectivity index (χ0v) is 15.5. The van der Waals surface area contributed by atoms with Crippen molar-refractivity contribution in [2.45, 2.75) is 41.5 Å². The Kier molecular flexibility index (Phi) is 7.92. The van der Waals surface area contributed by atoms with Gasteiger partial charge in [-0.3, -0.25) is 9.59 Å². The molecule has 0 fully saturated rings. The predicted octanol–water partition coefficient (Wildman–Crippen LogP) is 3.95. The van der Waals surface area contributed by atoms with E-state index >= 15 is 0 Å². The van der Waals surface area contributed by atoms with Gasteiger partial charge in [0, 0.05) is 3.57 Å². The summed E-state index contributed by atoms with van der Waals surface area (Å²) in [5.74, 6) is -4.19. The normalized spacial score (nSPS) is 10.3. The minimum absolute atomic E-state index is 0.366. The molecule has 2 N–H and O–H groups in total. The summed E-state index contributed by atoms with van der Waals surface area (Å²) in [6.07, 6.45) is 0. The first-order valence-corrected chi connectivity index (χ1v) is 7.77. The Labute approximate surface area is 139 Å². The summed E-state index contributed by atoms with van der Waals surface area (Å²) in [7, 11) is 0. The average Bonchev–Trinajstić information content (AvgIpc) is 2.33. The van der Waals surface area contributed by atoms with Gasteiger partial charge in [0.2, 0.25) is 0 Å². The van der Waals surface area contributed by atoms with Crippen molar-refractivity contribution in [3.8, 4) is 0 Å². The third-order valence-corrected chi connectivity index (χ3v) is 4.74. The van der Waals surface area contributed by atoms with Gasteiger partial charge < -0.3 is 10.2 Å². The second kappa shape index (κ2) is 8.36. The van der Waals surface area contributed by atoms with Crippen LogP contribution in [0.15, 0.2) is 6.07 Å². The fourth-order valence-electron chi connectivity index (χ4n) is 1.84. The minimum atomic E-state index is -1.28. The molecule has 0 aliphatic carbocycles. The highest BCUT2D eigenvalue weighted by Crippen LogP contribution is 2.21. The molecule has 0 atom stereocenters. The number of benzene rings is 1. The molecule has 118 valence electrons. The lowest BCUT2D eigenvalue weighted by molar-refractivity contribution is -0.156. The molecule has 0 aliphatic rings. The van der Waals surface area contributed by atoms with Crippen LogP contribution in [-0.2, 0) is 9.59 Å². The van der Waals surface area contributed by atoms with Crippen molar-refractivity contribution >= 4 is 34.5 Å². The van der Waals surface area contributed by atoms with Gasteiger partial charge in [-0.1, -0.05) is 13.8 Å². The van der Waals surface area contributed by atoms with E-state index in [2.05, 4.69) is 56.4 Å². The molecule has 1 aromatic rings. The fourth-order valence-corrected chi connectivity index (χ4v) is 2.71. The van der Waals surface area contributed by atoms with E-state index < -0.39 is 17.9 Å². The highest BCUT2D eigenvalue weighted by molar-refractivity contribution is 14.1. The largest absolute Gasteiger partial charge is 0.481 e. The van der Waals surface area contributed by atoms with Gasteiger partial charge in [-0.2, -0.15) is 0 Å². The number of carboxylic acid groups (broad SMARTS) is 2. The standard InChI is InChI=1S/C10H13I.C6H10O4/c1-6-5-10(11)9(4)8(3)7(6)2;1-3(2)4(5(7)8)6(9)10/h5H,1-4H3;3-4H,1-2H3,(H,7,8)(H,9,10). The number of carboxylic acids is 2. The topological polar surface area (TPSA) is 74.6 Å². The van der Waals surface area contributed by atoms with Crippen LogP contribution in [0.25, 0.3) is 0 Å². The Hall–Kier alpha value is -1.11. The molecule has 0 bridgehead atoms. The SMILES string of the molecule is CC(C)C(C(=O)O)C(=O)O.Cc1cc(I)c(C)c(C)c1C. The molecular weight excluding hydrogens is 383 g/mol. The first-order valence-electron chi connectivity index (χ1n) is 6.69. The Morgan fingerprint density at radius 2 is 1.38 bits per heavy atom. The van der Waals surface area contributed by atoms with Gasteiger partial charge >= 0.3 is 11.9 Å². The molecule has 4 nitrogen and oxygen atoms in total. The summed E-state index contributed by atoms with van der Waals surface area (Å²) >= 11 is 2.39. The molecular formula is C16H23IO4. The lowest BCUT2D eigenvalue weighted by atomic mass is 9.97. The molecule has 1 rings (SSSR count). The van der Waals surface area contributed by atoms with Gasteiger partial charge in [0.1, 0.15) is 0 Å². The van der Waals surface area contributed by atoms with Crippen LogP contribution in [0.5, 0.6) is 0 Å². The van der Waals surface area contributed by atoms with Crippen molar-refractivity contribution in [2.75, 3.05) is 0 Å². The van der Waals surface area contributed by atoms with E-state index in [0.717, 1.165) is 0 Å². The van der Waals surface area contributed by atoms with E-state index in [1.54, 1.807) is 13.8 Å². The van der Waals surface area contributed by atoms with Gasteiger partial charge in [0.05, 0.1) is 0 Å². The minimum Gasteiger partial charge on any atom is -0.481 e. The number of halogens is 1. The molecule has 0 amide bonds. The fraction of sp³-hybridized carbons (Fsp3) is 0.500. The molecule has 0 saturated carbocycles. The first kappa shape index (κ1) is 19.9. The zero-order chi connectivity index (χ0) is 16.9. The Morgan fingerprint density at radius 1 is 0.952 bits per heavy atom. The molecule has 21 heavy (non-hydrogen) atoms. The quantitative estimate of drug-likeness (QED) is 0.589. The van der Waals surface area contributed by atoms with Crippen molar-refractivity contribution in [2.24, 2.45) is 11.8 Å². The summed E-state index contributed by atoms with van der Waals surface area (Å²) in [5, 5.41) is 16.7. The van der Waals surface area contributed by atoms with E-state index in [0.29, 0.717) is 0 Å². The van der Waals surface area contributed by atoms with E-state index in [9.17, 15) is 9.59 Å². The van der Waals surface area contributed by atoms with Gasteiger partial charge in [-0.25, -0.2) is 0 Å². The van der Waals surface area contributed by atoms with Crippen molar-refractivity contribution in [1.29, 1.82) is 0 Å². The molecule has 0 heterocycles. The molecule has 0 aliphatic heterocycles. The number of carbonyl (C=O) groups is 2. The molecule has 0 unspecified atom stereocenters. The van der Waals surface area contributed by atoms with Crippen LogP contribution in [-0.4, -0.2) is 22.2 Å². The average molecular weight is 406 g/mol. The van der Waals surface area contributed by atoms with E-state index in [1.807, 2.05) is 0 Å². The maximum Gasteiger partial charge on any atom is 0.318 e. The summed E-state index contributed by atoms with van der Waals surface area (Å²) in [6, 6.07) is 2.25. The highest BCUT2D eigenvalue weighted by atomic mass is 127. The number of hydrogen-bond donors (Lipinski definition) is 2. The van der Waals surface area contributed by atoms with Gasteiger partial charge in [-0.15, -0.1) is 0 Å². The molecule has 1 aromatic carbocycles. The van der Waals surface area contributed by atoms with Crippen molar-refractivity contribution < 1.29 is 19.8 Å². The van der Waals surface area contributed by atoms with Gasteiger partial charge in [0.25, 0.3) is 0 Å². The second-order valence-electron chi connectivity index (χ2n) is 5.45. The van der Waals surface area contributed by atoms with Gasteiger partial charge in [0.15, 0.2) is 5.92 Å². The number of rotatable bonds is 3. The summed E-state index contributed by atoms with van der Waals surface area (Å²) in [6.45, 7) is 11.9. The van der Waals surface area contributed by atoms with E-state index in [-0.39, 0.29) is 5.92 Å². The van der Waals surface area contributed by atoms with Crippen LogP contribution < -0.4 is 0 Å². The number of aryl methyl sites for hydroxylation is 1. The van der Waals surface area contributed by atoms with Crippen molar-refractivity contribution in [1.82, 2.24) is 0 Å². The first-order chi connectivity index (χ1) is 9.50. The van der Waals surface area contributed by atoms with Crippen LogP contribution in [0.1, 0.15) is 36.1 Å². The smallest absolute Gasteiger partial charge is 0.318 e. The Bertz CT molecular complexity index is 495. The lowest BCUT2D eigenvalue weighted by Gasteiger charge is -2.09. The molecule has 0 radical (unpaired) electrons. The highest BCUT2D eigenvalue weighted by Gasteiger charge is 2.28. The van der Waals surface area contributed by atoms with Crippen LogP contribution in [0, 0.1) is 43.1 Å². The Morgan fingerprint density at radius 3 is 1.67 bits per heavy atom. The third-order valence-electron chi connectivity index (χ3n) is 3.62. The van der Waals surface area contributed by atoms with Crippen molar-refractivity contribution in [3.05, 3.63) is 31.9 Å². The lowest BCUT2D eigenvalue weighted by Crippen LogP contribution is -2.28. The zero-order valence-electron chi connectivity index (χ0n) is 13.3. The molecule has 0 saturated heterocycles. The molecule has 0 spiro atoms. The predicted molar refractivity (Wildman–Crippen MR) is 91.7 cm³/mol. The maximum absolute atomic E-state index is 10.2. The van der Waals surface area contributed by atoms with Crippen LogP contribution in [0.4, 0.5) is 0 Å². The third kappa shape index (κ3) is 5.65. The monoisotopic (exact) mass is 406 g/mol. The summed E-state index contributed by atoms with van der Waals surface area (Å²) < 4.78 is 1.38. The summed E-state index contributed by atoms with van der Waals surface area (Å²) in [5.41, 5.74) is 5.70. The van der Waals surface area contributed by atoms with Crippen LogP contribution >= 0.6 is 22.6 Å². The number of hydrogen-bond acceptors (Lipinski definition) is 2. The van der Waals surface area contributed by atoms with Crippen LogP contribution in [0.3, 0.4) is 0 Å². The maximum atomic E-state index is 10.2. The molecule has 5 heteroatoms. The van der Waals surface area contributed by atoms with Crippen molar-refractivity contribution in [3.63, 3.8) is 0 Å². The number of aliphatic carboxylic acids is 2. The Balaban J connectivity index is 0.000000384. The van der Waals surface area contributed by atoms with Gasteiger partial charge in [-0.05, 0) is 84.5 Å². The molecule has 0 aromatic heterocycles.